The molecule has 0 aliphatic rings. The average molecular weight is 326 g/mol. The minimum Gasteiger partial charge on any atom is -0.507 e. The van der Waals surface area contributed by atoms with E-state index >= 15 is 0 Å². The molecule has 0 unspecified atom stereocenters. The molecule has 0 aromatic heterocycles. The first kappa shape index (κ1) is 17.7. The maximum atomic E-state index is 13.0. The molecule has 4 heteroatoms. The lowest BCUT2D eigenvalue weighted by atomic mass is 9.89. The molecule has 24 heavy (non-hydrogen) atoms. The number of carboxylic acid groups (broad SMARTS) is 1. The number of aryl methyl sites for hydroxylation is 2. The molecule has 0 bridgehead atoms. The minimum absolute atomic E-state index is 0.190. The van der Waals surface area contributed by atoms with Gasteiger partial charge in [0.25, 0.3) is 0 Å². The van der Waals surface area contributed by atoms with E-state index in [2.05, 4.69) is 13.8 Å². The fourth-order valence-electron chi connectivity index (χ4n) is 2.89. The molecule has 0 radical (unpaired) electrons. The van der Waals surface area contributed by atoms with Gasteiger partial charge in [-0.1, -0.05) is 44.9 Å². The fourth-order valence-corrected chi connectivity index (χ4v) is 2.89. The molecule has 0 amide bonds. The molecule has 0 saturated heterocycles. The molecule has 2 aromatic carbocycles. The number of carbonyl (C=O) groups is 2. The van der Waals surface area contributed by atoms with Crippen LogP contribution in [0.5, 0.6) is 5.75 Å². The zero-order chi connectivity index (χ0) is 17.7. The van der Waals surface area contributed by atoms with Crippen LogP contribution in [0.1, 0.15) is 64.1 Å². The van der Waals surface area contributed by atoms with Crippen molar-refractivity contribution in [3.8, 4) is 5.75 Å². The molecule has 0 heterocycles. The van der Waals surface area contributed by atoms with Gasteiger partial charge in [-0.3, -0.25) is 4.79 Å². The number of ketones is 1. The molecule has 2 rings (SSSR count). The Morgan fingerprint density at radius 2 is 1.54 bits per heavy atom. The Kier molecular flexibility index (Phi) is 5.74. The van der Waals surface area contributed by atoms with E-state index in [9.17, 15) is 14.7 Å². The van der Waals surface area contributed by atoms with E-state index < -0.39 is 5.97 Å². The molecule has 2 aromatic rings. The van der Waals surface area contributed by atoms with Gasteiger partial charge in [-0.15, -0.1) is 0 Å². The van der Waals surface area contributed by atoms with Gasteiger partial charge in [0.2, 0.25) is 0 Å². The fraction of sp³-hybridized carbons (Fsp3) is 0.300. The van der Waals surface area contributed by atoms with Gasteiger partial charge in [0, 0.05) is 11.1 Å². The standard InChI is InChI=1S/C20H22O4/c1-3-6-13-8-5-9-14(7-4-2)18(13)19(22)15-10-11-17(21)16(12-15)20(23)24/h5,8-12,21H,3-4,6-7H2,1-2H3,(H,23,24). The van der Waals surface area contributed by atoms with Crippen molar-refractivity contribution in [3.05, 3.63) is 64.2 Å². The number of benzene rings is 2. The van der Waals surface area contributed by atoms with Crippen molar-refractivity contribution in [2.24, 2.45) is 0 Å². The Bertz CT molecular complexity index is 738. The number of aromatic carboxylic acids is 1. The maximum Gasteiger partial charge on any atom is 0.339 e. The number of hydrogen-bond acceptors (Lipinski definition) is 3. The van der Waals surface area contributed by atoms with E-state index in [1.807, 2.05) is 18.2 Å². The highest BCUT2D eigenvalue weighted by Gasteiger charge is 2.20. The molecule has 0 atom stereocenters. The van der Waals surface area contributed by atoms with Crippen LogP contribution in [0.2, 0.25) is 0 Å². The number of carbonyl (C=O) groups excluding carboxylic acids is 1. The van der Waals surface area contributed by atoms with Crippen LogP contribution in [0.3, 0.4) is 0 Å². The van der Waals surface area contributed by atoms with Gasteiger partial charge in [-0.25, -0.2) is 4.79 Å². The van der Waals surface area contributed by atoms with E-state index in [0.717, 1.165) is 36.8 Å². The monoisotopic (exact) mass is 326 g/mol. The normalized spacial score (nSPS) is 10.6. The average Bonchev–Trinajstić information content (AvgIpc) is 2.55. The zero-order valence-electron chi connectivity index (χ0n) is 14.0. The van der Waals surface area contributed by atoms with E-state index in [0.29, 0.717) is 5.56 Å². The Labute approximate surface area is 141 Å². The summed E-state index contributed by atoms with van der Waals surface area (Å²) in [5.41, 5.74) is 2.66. The molecule has 0 fully saturated rings. The zero-order valence-corrected chi connectivity index (χ0v) is 14.0. The molecule has 0 spiro atoms. The summed E-state index contributed by atoms with van der Waals surface area (Å²) in [7, 11) is 0. The molecule has 2 N–H and O–H groups in total. The third-order valence-electron chi connectivity index (χ3n) is 3.99. The predicted octanol–water partition coefficient (Wildman–Crippen LogP) is 4.23. The Hall–Kier alpha value is -2.62. The third-order valence-corrected chi connectivity index (χ3v) is 3.99. The van der Waals surface area contributed by atoms with Crippen molar-refractivity contribution < 1.29 is 19.8 Å². The second kappa shape index (κ2) is 7.77. The van der Waals surface area contributed by atoms with E-state index in [1.54, 1.807) is 0 Å². The molecule has 0 aliphatic carbocycles. The van der Waals surface area contributed by atoms with Crippen molar-refractivity contribution in [1.29, 1.82) is 0 Å². The molecular formula is C20H22O4. The molecule has 126 valence electrons. The number of hydrogen-bond donors (Lipinski definition) is 2. The minimum atomic E-state index is -1.25. The lowest BCUT2D eigenvalue weighted by Crippen LogP contribution is -2.11. The molecule has 4 nitrogen and oxygen atoms in total. The summed E-state index contributed by atoms with van der Waals surface area (Å²) in [6, 6.07) is 9.86. The summed E-state index contributed by atoms with van der Waals surface area (Å²) in [6.45, 7) is 4.12. The van der Waals surface area contributed by atoms with Crippen LogP contribution in [-0.4, -0.2) is 22.0 Å². The van der Waals surface area contributed by atoms with E-state index in [1.165, 1.54) is 18.2 Å². The molecular weight excluding hydrogens is 304 g/mol. The molecule has 0 saturated carbocycles. The number of carboxylic acids is 1. The van der Waals surface area contributed by atoms with Crippen LogP contribution in [0.15, 0.2) is 36.4 Å². The largest absolute Gasteiger partial charge is 0.507 e. The summed E-state index contributed by atoms with van der Waals surface area (Å²) in [5, 5.41) is 18.8. The highest BCUT2D eigenvalue weighted by molar-refractivity contribution is 6.12. The van der Waals surface area contributed by atoms with Gasteiger partial charge in [-0.2, -0.15) is 0 Å². The highest BCUT2D eigenvalue weighted by atomic mass is 16.4. The van der Waals surface area contributed by atoms with Gasteiger partial charge in [-0.05, 0) is 42.2 Å². The Morgan fingerprint density at radius 3 is 2.04 bits per heavy atom. The van der Waals surface area contributed by atoms with Gasteiger partial charge >= 0.3 is 5.97 Å². The van der Waals surface area contributed by atoms with Crippen molar-refractivity contribution >= 4 is 11.8 Å². The van der Waals surface area contributed by atoms with Gasteiger partial charge in [0.05, 0.1) is 0 Å². The first-order chi connectivity index (χ1) is 11.5. The Morgan fingerprint density at radius 1 is 0.958 bits per heavy atom. The summed E-state index contributed by atoms with van der Waals surface area (Å²) in [4.78, 5) is 24.2. The number of aromatic hydroxyl groups is 1. The van der Waals surface area contributed by atoms with E-state index in [-0.39, 0.29) is 22.7 Å². The third kappa shape index (κ3) is 3.65. The second-order valence-electron chi connectivity index (χ2n) is 5.82. The van der Waals surface area contributed by atoms with Gasteiger partial charge in [0.1, 0.15) is 11.3 Å². The summed E-state index contributed by atoms with van der Waals surface area (Å²) in [6.07, 6.45) is 3.43. The van der Waals surface area contributed by atoms with Crippen LogP contribution in [0.25, 0.3) is 0 Å². The molecule has 0 aliphatic heterocycles. The van der Waals surface area contributed by atoms with Crippen LogP contribution < -0.4 is 0 Å². The maximum absolute atomic E-state index is 13.0. The number of phenols is 1. The summed E-state index contributed by atoms with van der Waals surface area (Å²) >= 11 is 0. The van der Waals surface area contributed by atoms with Crippen molar-refractivity contribution in [2.75, 3.05) is 0 Å². The van der Waals surface area contributed by atoms with Gasteiger partial charge < -0.3 is 10.2 Å². The lowest BCUT2D eigenvalue weighted by Gasteiger charge is -2.14. The van der Waals surface area contributed by atoms with Crippen molar-refractivity contribution in [3.63, 3.8) is 0 Å². The lowest BCUT2D eigenvalue weighted by molar-refractivity contribution is 0.0693. The first-order valence-corrected chi connectivity index (χ1v) is 8.21. The van der Waals surface area contributed by atoms with E-state index in [4.69, 9.17) is 5.11 Å². The first-order valence-electron chi connectivity index (χ1n) is 8.21. The smallest absolute Gasteiger partial charge is 0.339 e. The van der Waals surface area contributed by atoms with Crippen LogP contribution >= 0.6 is 0 Å². The van der Waals surface area contributed by atoms with Crippen LogP contribution in [-0.2, 0) is 12.8 Å². The quantitative estimate of drug-likeness (QED) is 0.747. The topological polar surface area (TPSA) is 74.6 Å². The van der Waals surface area contributed by atoms with Crippen LogP contribution in [0, 0.1) is 0 Å². The van der Waals surface area contributed by atoms with Crippen molar-refractivity contribution in [1.82, 2.24) is 0 Å². The van der Waals surface area contributed by atoms with Gasteiger partial charge in [0.15, 0.2) is 5.78 Å². The van der Waals surface area contributed by atoms with Crippen molar-refractivity contribution in [2.45, 2.75) is 39.5 Å². The SMILES string of the molecule is CCCc1cccc(CCC)c1C(=O)c1ccc(O)c(C(=O)O)c1. The highest BCUT2D eigenvalue weighted by Crippen LogP contribution is 2.25. The van der Waals surface area contributed by atoms with Crippen LogP contribution in [0.4, 0.5) is 0 Å². The Balaban J connectivity index is 2.56. The predicted molar refractivity (Wildman–Crippen MR) is 92.9 cm³/mol. The number of rotatable bonds is 7. The second-order valence-corrected chi connectivity index (χ2v) is 5.82. The summed E-state index contributed by atoms with van der Waals surface area (Å²) in [5.74, 6) is -1.78. The summed E-state index contributed by atoms with van der Waals surface area (Å²) < 4.78 is 0.